The predicted octanol–water partition coefficient (Wildman–Crippen LogP) is 5.55. The van der Waals surface area contributed by atoms with Gasteiger partial charge in [0.15, 0.2) is 0 Å². The zero-order valence-electron chi connectivity index (χ0n) is 18.3. The van der Waals surface area contributed by atoms with Crippen molar-refractivity contribution in [3.05, 3.63) is 83.2 Å². The van der Waals surface area contributed by atoms with E-state index in [4.69, 9.17) is 0 Å². The molecule has 0 amide bonds. The van der Waals surface area contributed by atoms with Crippen molar-refractivity contribution < 1.29 is 9.90 Å². The van der Waals surface area contributed by atoms with Crippen LogP contribution in [0.3, 0.4) is 0 Å². The molecule has 0 aliphatic carbocycles. The Hall–Kier alpha value is -3.89. The Morgan fingerprint density at radius 1 is 1.15 bits per heavy atom. The molecule has 0 bridgehead atoms. The van der Waals surface area contributed by atoms with Gasteiger partial charge in [0.05, 0.1) is 22.9 Å². The van der Waals surface area contributed by atoms with E-state index in [1.165, 1.54) is 18.1 Å². The van der Waals surface area contributed by atoms with Gasteiger partial charge in [0.2, 0.25) is 0 Å². The molecule has 0 unspecified atom stereocenters. The second-order valence-corrected chi connectivity index (χ2v) is 8.39. The van der Waals surface area contributed by atoms with Crippen LogP contribution in [0, 0.1) is 18.3 Å². The van der Waals surface area contributed by atoms with E-state index in [1.54, 1.807) is 12.1 Å². The highest BCUT2D eigenvalue weighted by Gasteiger charge is 2.13. The summed E-state index contributed by atoms with van der Waals surface area (Å²) in [6, 6.07) is 19.4. The zero-order chi connectivity index (χ0) is 23.4. The molecule has 7 heteroatoms. The van der Waals surface area contributed by atoms with Crippen LogP contribution in [0.2, 0.25) is 0 Å². The van der Waals surface area contributed by atoms with Crippen LogP contribution < -0.4 is 5.32 Å². The van der Waals surface area contributed by atoms with Crippen molar-refractivity contribution in [3.8, 4) is 17.3 Å². The van der Waals surface area contributed by atoms with Gasteiger partial charge in [0.25, 0.3) is 0 Å². The number of carboxylic acid groups (broad SMARTS) is 1. The minimum absolute atomic E-state index is 0.276. The minimum Gasteiger partial charge on any atom is -0.478 e. The number of aryl methyl sites for hydroxylation is 1. The van der Waals surface area contributed by atoms with Crippen LogP contribution in [0.15, 0.2) is 65.8 Å². The topological polar surface area (TPSA) is 98.9 Å². The van der Waals surface area contributed by atoms with E-state index >= 15 is 0 Å². The number of aromatic carboxylic acids is 1. The van der Waals surface area contributed by atoms with E-state index in [0.717, 1.165) is 27.5 Å². The molecule has 0 atom stereocenters. The molecule has 3 aromatic carbocycles. The molecule has 0 saturated heterocycles. The summed E-state index contributed by atoms with van der Waals surface area (Å²) < 4.78 is 0. The first-order chi connectivity index (χ1) is 16.0. The first kappa shape index (κ1) is 22.3. The smallest absolute Gasteiger partial charge is 0.336 e. The molecule has 164 valence electrons. The van der Waals surface area contributed by atoms with Gasteiger partial charge in [-0.2, -0.15) is 5.26 Å². The van der Waals surface area contributed by atoms with Crippen LogP contribution in [0.5, 0.6) is 0 Å². The third-order valence-electron chi connectivity index (χ3n) is 5.64. The number of nitriles is 1. The van der Waals surface area contributed by atoms with Crippen molar-refractivity contribution in [2.24, 2.45) is 0 Å². The summed E-state index contributed by atoms with van der Waals surface area (Å²) >= 11 is 1.39. The molecular formula is C26H22N4O2S. The number of aromatic nitrogens is 2. The van der Waals surface area contributed by atoms with Crippen molar-refractivity contribution in [2.45, 2.75) is 18.2 Å². The Morgan fingerprint density at radius 3 is 2.73 bits per heavy atom. The fraction of sp³-hybridized carbons (Fsp3) is 0.154. The number of nitrogens with zero attached hydrogens (tertiary/aromatic N) is 3. The van der Waals surface area contributed by atoms with Crippen molar-refractivity contribution in [3.63, 3.8) is 0 Å². The Labute approximate surface area is 196 Å². The third-order valence-corrected chi connectivity index (χ3v) is 6.42. The molecule has 6 nitrogen and oxygen atoms in total. The van der Waals surface area contributed by atoms with Gasteiger partial charge in [0, 0.05) is 23.1 Å². The second-order valence-electron chi connectivity index (χ2n) is 7.55. The van der Waals surface area contributed by atoms with Crippen LogP contribution in [0.25, 0.3) is 22.0 Å². The van der Waals surface area contributed by atoms with Gasteiger partial charge < -0.3 is 10.4 Å². The second kappa shape index (κ2) is 9.72. The van der Waals surface area contributed by atoms with Gasteiger partial charge in [-0.3, -0.25) is 0 Å². The molecule has 0 radical (unpaired) electrons. The maximum absolute atomic E-state index is 11.4. The van der Waals surface area contributed by atoms with Crippen LogP contribution in [0.1, 0.15) is 27.0 Å². The summed E-state index contributed by atoms with van der Waals surface area (Å²) in [6.07, 6.45) is 4.02. The van der Waals surface area contributed by atoms with Crippen molar-refractivity contribution >= 4 is 34.3 Å². The van der Waals surface area contributed by atoms with Crippen LogP contribution in [0.4, 0.5) is 5.82 Å². The molecule has 0 fully saturated rings. The molecule has 1 aromatic heterocycles. The van der Waals surface area contributed by atoms with E-state index in [9.17, 15) is 15.2 Å². The zero-order valence-corrected chi connectivity index (χ0v) is 19.1. The minimum atomic E-state index is -0.948. The lowest BCUT2D eigenvalue weighted by Crippen LogP contribution is -2.09. The van der Waals surface area contributed by atoms with Gasteiger partial charge in [-0.15, -0.1) is 11.8 Å². The number of hydrogen-bond donors (Lipinski definition) is 2. The average molecular weight is 455 g/mol. The highest BCUT2D eigenvalue weighted by molar-refractivity contribution is 7.98. The average Bonchev–Trinajstić information content (AvgIpc) is 2.85. The van der Waals surface area contributed by atoms with Crippen LogP contribution in [-0.2, 0) is 6.42 Å². The molecule has 0 spiro atoms. The number of benzene rings is 3. The SMILES string of the molecule is CSc1cc(-c2cc(NCCc3c(C#N)cc4ccccc4c3C)ncn2)ccc1C(=O)O. The van der Waals surface area contributed by atoms with Gasteiger partial charge in [-0.1, -0.05) is 30.3 Å². The Bertz CT molecular complexity index is 1400. The molecule has 1 heterocycles. The predicted molar refractivity (Wildman–Crippen MR) is 132 cm³/mol. The number of hydrogen-bond acceptors (Lipinski definition) is 6. The number of anilines is 1. The maximum atomic E-state index is 11.4. The summed E-state index contributed by atoms with van der Waals surface area (Å²) in [5.41, 5.74) is 4.66. The summed E-state index contributed by atoms with van der Waals surface area (Å²) in [5, 5.41) is 24.5. The van der Waals surface area contributed by atoms with Gasteiger partial charge in [-0.25, -0.2) is 14.8 Å². The van der Waals surface area contributed by atoms with Gasteiger partial charge in [0.1, 0.15) is 12.1 Å². The number of nitrogens with one attached hydrogen (secondary N) is 1. The van der Waals surface area contributed by atoms with E-state index in [1.807, 2.05) is 42.7 Å². The summed E-state index contributed by atoms with van der Waals surface area (Å²) in [5.74, 6) is -0.276. The standard InChI is InChI=1S/C26H22N4O2S/c1-16-20-6-4-3-5-17(20)11-19(14-27)21(16)9-10-28-25-13-23(29-15-30-25)18-7-8-22(26(31)32)24(12-18)33-2/h3-8,11-13,15H,9-10H2,1-2H3,(H,31,32)(H,28,29,30). The number of carbonyl (C=O) groups is 1. The number of carboxylic acids is 1. The lowest BCUT2D eigenvalue weighted by molar-refractivity contribution is 0.0693. The number of rotatable bonds is 7. The maximum Gasteiger partial charge on any atom is 0.336 e. The fourth-order valence-electron chi connectivity index (χ4n) is 3.95. The Morgan fingerprint density at radius 2 is 1.97 bits per heavy atom. The van der Waals surface area contributed by atoms with E-state index in [-0.39, 0.29) is 5.56 Å². The summed E-state index contributed by atoms with van der Waals surface area (Å²) in [6.45, 7) is 2.67. The highest BCUT2D eigenvalue weighted by Crippen LogP contribution is 2.28. The molecule has 4 aromatic rings. The van der Waals surface area contributed by atoms with Gasteiger partial charge >= 0.3 is 5.97 Å². The monoisotopic (exact) mass is 454 g/mol. The largest absolute Gasteiger partial charge is 0.478 e. The van der Waals surface area contributed by atoms with Crippen LogP contribution in [-0.4, -0.2) is 33.8 Å². The third kappa shape index (κ3) is 4.66. The lowest BCUT2D eigenvalue weighted by Gasteiger charge is -2.13. The molecule has 0 aliphatic rings. The van der Waals surface area contributed by atoms with E-state index in [2.05, 4.69) is 34.3 Å². The molecule has 33 heavy (non-hydrogen) atoms. The van der Waals surface area contributed by atoms with E-state index in [0.29, 0.717) is 34.9 Å². The van der Waals surface area contributed by atoms with Crippen molar-refractivity contribution in [1.82, 2.24) is 9.97 Å². The van der Waals surface area contributed by atoms with Gasteiger partial charge in [-0.05, 0) is 59.7 Å². The fourth-order valence-corrected chi connectivity index (χ4v) is 4.57. The quantitative estimate of drug-likeness (QED) is 0.353. The number of thioether (sulfide) groups is 1. The van der Waals surface area contributed by atoms with Crippen LogP contribution >= 0.6 is 11.8 Å². The lowest BCUT2D eigenvalue weighted by atomic mass is 9.93. The Balaban J connectivity index is 1.53. The first-order valence-corrected chi connectivity index (χ1v) is 11.6. The molecular weight excluding hydrogens is 432 g/mol. The van der Waals surface area contributed by atoms with Crippen molar-refractivity contribution in [2.75, 3.05) is 18.1 Å². The van der Waals surface area contributed by atoms with E-state index < -0.39 is 5.97 Å². The molecule has 4 rings (SSSR count). The summed E-state index contributed by atoms with van der Waals surface area (Å²) in [7, 11) is 0. The first-order valence-electron chi connectivity index (χ1n) is 10.4. The summed E-state index contributed by atoms with van der Waals surface area (Å²) in [4.78, 5) is 20.7. The molecule has 2 N–H and O–H groups in total. The Kier molecular flexibility index (Phi) is 6.57. The highest BCUT2D eigenvalue weighted by atomic mass is 32.2. The molecule has 0 aliphatic heterocycles. The van der Waals surface area contributed by atoms with Crippen molar-refractivity contribution in [1.29, 1.82) is 5.26 Å². The number of fused-ring (bicyclic) bond motifs is 1. The normalized spacial score (nSPS) is 10.7. The molecule has 0 saturated carbocycles.